The Balaban J connectivity index is 0.00000225. The Labute approximate surface area is 173 Å². The van der Waals surface area contributed by atoms with E-state index in [0.29, 0.717) is 4.75 Å². The molecule has 2 aliphatic rings. The summed E-state index contributed by atoms with van der Waals surface area (Å²) in [5, 5.41) is 6.97. The summed E-state index contributed by atoms with van der Waals surface area (Å²) in [6.45, 7) is 7.56. The van der Waals surface area contributed by atoms with E-state index in [-0.39, 0.29) is 24.0 Å². The zero-order valence-corrected chi connectivity index (χ0v) is 18.5. The van der Waals surface area contributed by atoms with Crippen LogP contribution in [0.15, 0.2) is 29.3 Å². The van der Waals surface area contributed by atoms with E-state index >= 15 is 0 Å². The van der Waals surface area contributed by atoms with Crippen LogP contribution in [0.2, 0.25) is 0 Å². The van der Waals surface area contributed by atoms with E-state index in [2.05, 4.69) is 63.5 Å². The Morgan fingerprint density at radius 2 is 2.08 bits per heavy atom. The van der Waals surface area contributed by atoms with Crippen LogP contribution in [0, 0.1) is 0 Å². The molecular weight excluding hydrogens is 443 g/mol. The number of rotatable bonds is 5. The summed E-state index contributed by atoms with van der Waals surface area (Å²) in [5.41, 5.74) is 3.00. The molecule has 2 heterocycles. The number of aliphatic imine (C=N–C) groups is 1. The fourth-order valence-electron chi connectivity index (χ4n) is 3.55. The molecule has 6 heteroatoms. The van der Waals surface area contributed by atoms with Gasteiger partial charge in [0.15, 0.2) is 5.96 Å². The number of hydrogen-bond donors (Lipinski definition) is 2. The molecule has 4 nitrogen and oxygen atoms in total. The lowest BCUT2D eigenvalue weighted by atomic mass is 10.00. The van der Waals surface area contributed by atoms with Gasteiger partial charge in [0, 0.05) is 44.5 Å². The number of thioether (sulfide) groups is 1. The van der Waals surface area contributed by atoms with Crippen molar-refractivity contribution in [1.82, 2.24) is 15.5 Å². The van der Waals surface area contributed by atoms with Crippen molar-refractivity contribution in [2.24, 2.45) is 4.99 Å². The van der Waals surface area contributed by atoms with Crippen LogP contribution in [0.4, 0.5) is 0 Å². The van der Waals surface area contributed by atoms with Crippen LogP contribution in [-0.4, -0.2) is 54.6 Å². The second-order valence-corrected chi connectivity index (χ2v) is 8.73. The van der Waals surface area contributed by atoms with Gasteiger partial charge in [-0.05, 0) is 43.1 Å². The van der Waals surface area contributed by atoms with Gasteiger partial charge in [0.25, 0.3) is 0 Å². The van der Waals surface area contributed by atoms with E-state index in [9.17, 15) is 0 Å². The summed E-state index contributed by atoms with van der Waals surface area (Å²) in [5.74, 6) is 2.22. The molecule has 1 fully saturated rings. The predicted molar refractivity (Wildman–Crippen MR) is 120 cm³/mol. The fraction of sp³-hybridized carbons (Fsp3) is 0.632. The highest BCUT2D eigenvalue weighted by Gasteiger charge is 2.29. The zero-order chi connectivity index (χ0) is 16.8. The first-order chi connectivity index (χ1) is 11.7. The minimum atomic E-state index is 0. The third kappa shape index (κ3) is 6.03. The maximum atomic E-state index is 4.37. The highest BCUT2D eigenvalue weighted by Crippen LogP contribution is 2.36. The van der Waals surface area contributed by atoms with E-state index in [1.54, 1.807) is 0 Å². The van der Waals surface area contributed by atoms with Crippen LogP contribution in [-0.2, 0) is 13.0 Å². The molecule has 3 rings (SSSR count). The zero-order valence-electron chi connectivity index (χ0n) is 15.4. The van der Waals surface area contributed by atoms with Crippen molar-refractivity contribution in [3.8, 4) is 0 Å². The average Bonchev–Trinajstić information content (AvgIpc) is 3.04. The quantitative estimate of drug-likeness (QED) is 0.391. The van der Waals surface area contributed by atoms with E-state index in [4.69, 9.17) is 0 Å². The summed E-state index contributed by atoms with van der Waals surface area (Å²) in [6, 6.07) is 8.82. The molecule has 0 bridgehead atoms. The molecule has 1 unspecified atom stereocenters. The van der Waals surface area contributed by atoms with Crippen LogP contribution in [0.3, 0.4) is 0 Å². The topological polar surface area (TPSA) is 39.7 Å². The first-order valence-corrected chi connectivity index (χ1v) is 10.0. The van der Waals surface area contributed by atoms with Gasteiger partial charge in [-0.2, -0.15) is 11.8 Å². The fourth-order valence-corrected chi connectivity index (χ4v) is 4.79. The van der Waals surface area contributed by atoms with E-state index in [1.807, 2.05) is 7.05 Å². The first-order valence-electron chi connectivity index (χ1n) is 9.06. The molecule has 1 aromatic carbocycles. The van der Waals surface area contributed by atoms with E-state index < -0.39 is 0 Å². The Morgan fingerprint density at radius 1 is 1.28 bits per heavy atom. The number of halogens is 1. The molecule has 2 N–H and O–H groups in total. The van der Waals surface area contributed by atoms with Crippen molar-refractivity contribution in [3.63, 3.8) is 0 Å². The summed E-state index contributed by atoms with van der Waals surface area (Å²) in [7, 11) is 1.86. The van der Waals surface area contributed by atoms with Crippen molar-refractivity contribution in [3.05, 3.63) is 35.4 Å². The lowest BCUT2D eigenvalue weighted by Crippen LogP contribution is -2.46. The molecular formula is C19H31IN4S. The molecule has 25 heavy (non-hydrogen) atoms. The minimum Gasteiger partial charge on any atom is -0.355 e. The van der Waals surface area contributed by atoms with E-state index in [0.717, 1.165) is 38.7 Å². The lowest BCUT2D eigenvalue weighted by molar-refractivity contribution is 0.258. The highest BCUT2D eigenvalue weighted by molar-refractivity contribution is 14.0. The lowest BCUT2D eigenvalue weighted by Gasteiger charge is -2.29. The van der Waals surface area contributed by atoms with Gasteiger partial charge in [0.2, 0.25) is 0 Å². The van der Waals surface area contributed by atoms with Crippen molar-refractivity contribution in [1.29, 1.82) is 0 Å². The van der Waals surface area contributed by atoms with Crippen LogP contribution in [0.1, 0.15) is 30.9 Å². The predicted octanol–water partition coefficient (Wildman–Crippen LogP) is 3.11. The van der Waals surface area contributed by atoms with Crippen LogP contribution in [0.25, 0.3) is 0 Å². The Bertz CT molecular complexity index is 572. The first kappa shape index (κ1) is 20.8. The number of guanidine groups is 1. The second-order valence-electron chi connectivity index (χ2n) is 7.05. The molecule has 1 saturated heterocycles. The maximum absolute atomic E-state index is 4.37. The molecule has 0 radical (unpaired) electrons. The maximum Gasteiger partial charge on any atom is 0.191 e. The number of nitrogens with zero attached hydrogens (tertiary/aromatic N) is 2. The van der Waals surface area contributed by atoms with Gasteiger partial charge in [0.1, 0.15) is 0 Å². The summed E-state index contributed by atoms with van der Waals surface area (Å²) in [4.78, 5) is 6.89. The summed E-state index contributed by atoms with van der Waals surface area (Å²) in [6.07, 6.45) is 3.80. The van der Waals surface area contributed by atoms with Gasteiger partial charge in [-0.15, -0.1) is 24.0 Å². The Hall–Kier alpha value is -0.470. The molecule has 0 amide bonds. The molecule has 0 saturated carbocycles. The van der Waals surface area contributed by atoms with Crippen LogP contribution < -0.4 is 10.6 Å². The summed E-state index contributed by atoms with van der Waals surface area (Å²) >= 11 is 2.08. The van der Waals surface area contributed by atoms with Gasteiger partial charge < -0.3 is 10.6 Å². The molecule has 0 aromatic heterocycles. The normalized spacial score (nSPS) is 23.7. The number of nitrogens with one attached hydrogen (secondary N) is 2. The van der Waals surface area contributed by atoms with Crippen LogP contribution >= 0.6 is 35.7 Å². The SMILES string of the molecule is CN=C(NCCN1CCc2ccccc2C1)NCC1(C)CCCS1.I. The van der Waals surface area contributed by atoms with Gasteiger partial charge >= 0.3 is 0 Å². The van der Waals surface area contributed by atoms with Gasteiger partial charge in [0.05, 0.1) is 0 Å². The largest absolute Gasteiger partial charge is 0.355 e. The smallest absolute Gasteiger partial charge is 0.191 e. The molecule has 1 aromatic rings. The van der Waals surface area contributed by atoms with E-state index in [1.165, 1.54) is 36.1 Å². The van der Waals surface area contributed by atoms with Gasteiger partial charge in [-0.25, -0.2) is 0 Å². The van der Waals surface area contributed by atoms with Gasteiger partial charge in [-0.1, -0.05) is 24.3 Å². The Morgan fingerprint density at radius 3 is 2.80 bits per heavy atom. The third-order valence-electron chi connectivity index (χ3n) is 5.08. The highest BCUT2D eigenvalue weighted by atomic mass is 127. The molecule has 1 atom stereocenters. The third-order valence-corrected chi connectivity index (χ3v) is 6.62. The molecule has 2 aliphatic heterocycles. The standard InChI is InChI=1S/C19H30N4S.HI/c1-19(9-5-13-24-19)15-22-18(20-2)21-10-12-23-11-8-16-6-3-4-7-17(16)14-23;/h3-4,6-7H,5,8-15H2,1-2H3,(H2,20,21,22);1H. The van der Waals surface area contributed by atoms with Crippen molar-refractivity contribution >= 4 is 41.7 Å². The van der Waals surface area contributed by atoms with Gasteiger partial charge in [-0.3, -0.25) is 9.89 Å². The number of fused-ring (bicyclic) bond motifs is 1. The van der Waals surface area contributed by atoms with Crippen molar-refractivity contribution in [2.75, 3.05) is 39.0 Å². The van der Waals surface area contributed by atoms with Crippen LogP contribution in [0.5, 0.6) is 0 Å². The average molecular weight is 474 g/mol. The van der Waals surface area contributed by atoms with Crippen molar-refractivity contribution < 1.29 is 0 Å². The minimum absolute atomic E-state index is 0. The second kappa shape index (κ2) is 10.0. The molecule has 0 aliphatic carbocycles. The number of hydrogen-bond acceptors (Lipinski definition) is 3. The monoisotopic (exact) mass is 474 g/mol. The molecule has 0 spiro atoms. The summed E-state index contributed by atoms with van der Waals surface area (Å²) < 4.78 is 0.369. The Kier molecular flexibility index (Phi) is 8.35. The molecule has 140 valence electrons. The number of benzene rings is 1. The van der Waals surface area contributed by atoms with Crippen molar-refractivity contribution in [2.45, 2.75) is 37.5 Å².